The van der Waals surface area contributed by atoms with Crippen LogP contribution in [-0.4, -0.2) is 18.4 Å². The Morgan fingerprint density at radius 1 is 1.44 bits per heavy atom. The summed E-state index contributed by atoms with van der Waals surface area (Å²) in [6.07, 6.45) is 3.97. The highest BCUT2D eigenvalue weighted by Crippen LogP contribution is 2.08. The van der Waals surface area contributed by atoms with Gasteiger partial charge in [0, 0.05) is 6.42 Å². The van der Waals surface area contributed by atoms with Crippen molar-refractivity contribution in [2.45, 2.75) is 52.1 Å². The normalized spacial score (nSPS) is 13.6. The Kier molecular flexibility index (Phi) is 8.14. The third-order valence-corrected chi connectivity index (χ3v) is 2.31. The Bertz CT molecular complexity index is 257. The van der Waals surface area contributed by atoms with Crippen molar-refractivity contribution in [1.29, 1.82) is 5.26 Å². The maximum atomic E-state index is 11.3. The number of rotatable bonds is 8. The van der Waals surface area contributed by atoms with Gasteiger partial charge in [-0.3, -0.25) is 4.79 Å². The van der Waals surface area contributed by atoms with Crippen molar-refractivity contribution in [3.8, 4) is 6.07 Å². The van der Waals surface area contributed by atoms with Crippen molar-refractivity contribution in [2.24, 2.45) is 5.92 Å². The van der Waals surface area contributed by atoms with E-state index < -0.39 is 18.0 Å². The number of esters is 1. The number of ether oxygens (including phenoxy) is 1. The summed E-state index contributed by atoms with van der Waals surface area (Å²) < 4.78 is 4.90. The molecule has 0 rings (SSSR count). The average Bonchev–Trinajstić information content (AvgIpc) is 2.30. The van der Waals surface area contributed by atoms with E-state index in [9.17, 15) is 9.59 Å². The van der Waals surface area contributed by atoms with E-state index >= 15 is 0 Å². The first kappa shape index (κ1) is 14.6. The molecule has 0 aromatic rings. The van der Waals surface area contributed by atoms with Gasteiger partial charge in [0.25, 0.3) is 0 Å². The van der Waals surface area contributed by atoms with Gasteiger partial charge in [0.15, 0.2) is 6.10 Å². The monoisotopic (exact) mass is 225 g/mol. The first-order valence-electron chi connectivity index (χ1n) is 5.70. The van der Waals surface area contributed by atoms with E-state index in [4.69, 9.17) is 10.00 Å². The quantitative estimate of drug-likeness (QED) is 0.361. The molecular formula is C12H19NO3. The summed E-state index contributed by atoms with van der Waals surface area (Å²) in [6.45, 7) is 3.65. The van der Waals surface area contributed by atoms with Crippen molar-refractivity contribution in [2.75, 3.05) is 0 Å². The molecule has 0 N–H and O–H groups in total. The summed E-state index contributed by atoms with van der Waals surface area (Å²) in [6, 6.07) is 1.81. The summed E-state index contributed by atoms with van der Waals surface area (Å²) >= 11 is 0. The van der Waals surface area contributed by atoms with Crippen LogP contribution in [0.3, 0.4) is 0 Å². The van der Waals surface area contributed by atoms with E-state index in [-0.39, 0.29) is 0 Å². The van der Waals surface area contributed by atoms with E-state index in [0.29, 0.717) is 12.7 Å². The van der Waals surface area contributed by atoms with Gasteiger partial charge in [0.1, 0.15) is 12.4 Å². The number of carbonyl (C=O) groups is 2. The Morgan fingerprint density at radius 2 is 2.12 bits per heavy atom. The van der Waals surface area contributed by atoms with Crippen molar-refractivity contribution in [3.05, 3.63) is 0 Å². The fourth-order valence-electron chi connectivity index (χ4n) is 1.22. The highest BCUT2D eigenvalue weighted by atomic mass is 16.5. The van der Waals surface area contributed by atoms with Crippen LogP contribution in [0.25, 0.3) is 0 Å². The SMILES string of the molecule is CCCCCCC(=O)OC(C#N)C(C)C=O. The molecule has 0 heterocycles. The van der Waals surface area contributed by atoms with Gasteiger partial charge in [0.2, 0.25) is 0 Å². The number of nitrogens with zero attached hydrogens (tertiary/aromatic N) is 1. The lowest BCUT2D eigenvalue weighted by Crippen LogP contribution is -2.24. The Morgan fingerprint density at radius 3 is 2.62 bits per heavy atom. The molecule has 0 aliphatic rings. The third-order valence-electron chi connectivity index (χ3n) is 2.31. The second kappa shape index (κ2) is 8.90. The number of hydrogen-bond acceptors (Lipinski definition) is 4. The number of hydrogen-bond donors (Lipinski definition) is 0. The number of aldehydes is 1. The molecule has 90 valence electrons. The van der Waals surface area contributed by atoms with E-state index in [1.165, 1.54) is 0 Å². The molecule has 0 aromatic carbocycles. The van der Waals surface area contributed by atoms with Gasteiger partial charge in [-0.05, 0) is 6.42 Å². The lowest BCUT2D eigenvalue weighted by atomic mass is 10.1. The van der Waals surface area contributed by atoms with Crippen LogP contribution in [0.4, 0.5) is 0 Å². The fraction of sp³-hybridized carbons (Fsp3) is 0.750. The van der Waals surface area contributed by atoms with Crippen LogP contribution >= 0.6 is 0 Å². The number of unbranched alkanes of at least 4 members (excludes halogenated alkanes) is 3. The van der Waals surface area contributed by atoms with Crippen molar-refractivity contribution in [3.63, 3.8) is 0 Å². The molecule has 2 unspecified atom stereocenters. The lowest BCUT2D eigenvalue weighted by Gasteiger charge is -2.12. The van der Waals surface area contributed by atoms with Gasteiger partial charge in [-0.25, -0.2) is 0 Å². The maximum Gasteiger partial charge on any atom is 0.307 e. The van der Waals surface area contributed by atoms with E-state index in [0.717, 1.165) is 25.7 Å². The topological polar surface area (TPSA) is 67.2 Å². The summed E-state index contributed by atoms with van der Waals surface area (Å²) in [5, 5.41) is 8.70. The van der Waals surface area contributed by atoms with Gasteiger partial charge in [-0.15, -0.1) is 0 Å². The van der Waals surface area contributed by atoms with Crippen molar-refractivity contribution >= 4 is 12.3 Å². The average molecular weight is 225 g/mol. The van der Waals surface area contributed by atoms with Crippen LogP contribution in [-0.2, 0) is 14.3 Å². The molecule has 0 fully saturated rings. The zero-order valence-electron chi connectivity index (χ0n) is 9.94. The first-order chi connectivity index (χ1) is 7.65. The molecule has 0 saturated heterocycles. The Balaban J connectivity index is 3.84. The highest BCUT2D eigenvalue weighted by Gasteiger charge is 2.20. The van der Waals surface area contributed by atoms with E-state index in [1.54, 1.807) is 6.92 Å². The molecule has 0 saturated carbocycles. The summed E-state index contributed by atoms with van der Waals surface area (Å²) in [5.74, 6) is -0.957. The number of carbonyl (C=O) groups excluding carboxylic acids is 2. The molecule has 0 aromatic heterocycles. The van der Waals surface area contributed by atoms with Gasteiger partial charge < -0.3 is 9.53 Å². The molecule has 0 amide bonds. The molecule has 0 aliphatic heterocycles. The molecule has 0 radical (unpaired) electrons. The van der Waals surface area contributed by atoms with Crippen molar-refractivity contribution < 1.29 is 14.3 Å². The van der Waals surface area contributed by atoms with Crippen LogP contribution in [0.15, 0.2) is 0 Å². The molecule has 0 spiro atoms. The first-order valence-corrected chi connectivity index (χ1v) is 5.70. The maximum absolute atomic E-state index is 11.3. The molecule has 16 heavy (non-hydrogen) atoms. The van der Waals surface area contributed by atoms with Crippen LogP contribution in [0, 0.1) is 17.2 Å². The predicted octanol–water partition coefficient (Wildman–Crippen LogP) is 2.23. The fourth-order valence-corrected chi connectivity index (χ4v) is 1.22. The second-order valence-corrected chi connectivity index (χ2v) is 3.85. The predicted molar refractivity (Wildman–Crippen MR) is 59.5 cm³/mol. The minimum atomic E-state index is -0.948. The van der Waals surface area contributed by atoms with E-state index in [2.05, 4.69) is 6.92 Å². The zero-order valence-corrected chi connectivity index (χ0v) is 9.94. The van der Waals surface area contributed by atoms with Gasteiger partial charge in [-0.2, -0.15) is 5.26 Å². The van der Waals surface area contributed by atoms with Crippen LogP contribution in [0.2, 0.25) is 0 Å². The molecule has 4 nitrogen and oxygen atoms in total. The lowest BCUT2D eigenvalue weighted by molar-refractivity contribution is -0.149. The third kappa shape index (κ3) is 6.18. The molecule has 0 aliphatic carbocycles. The molecule has 2 atom stereocenters. The summed E-state index contributed by atoms with van der Waals surface area (Å²) in [7, 11) is 0. The minimum absolute atomic E-state index is 0.323. The Hall–Kier alpha value is -1.37. The van der Waals surface area contributed by atoms with Crippen LogP contribution in [0.5, 0.6) is 0 Å². The summed E-state index contributed by atoms with van der Waals surface area (Å²) in [4.78, 5) is 21.8. The minimum Gasteiger partial charge on any atom is -0.446 e. The van der Waals surface area contributed by atoms with Crippen LogP contribution in [0.1, 0.15) is 46.0 Å². The molecule has 4 heteroatoms. The number of nitriles is 1. The standard InChI is InChI=1S/C12H19NO3/c1-3-4-5-6-7-12(15)16-11(8-13)10(2)9-14/h9-11H,3-7H2,1-2H3. The summed E-state index contributed by atoms with van der Waals surface area (Å²) in [5.41, 5.74) is 0. The van der Waals surface area contributed by atoms with Crippen molar-refractivity contribution in [1.82, 2.24) is 0 Å². The highest BCUT2D eigenvalue weighted by molar-refractivity contribution is 5.70. The second-order valence-electron chi connectivity index (χ2n) is 3.85. The molecule has 0 bridgehead atoms. The zero-order chi connectivity index (χ0) is 12.4. The Labute approximate surface area is 96.6 Å². The van der Waals surface area contributed by atoms with E-state index in [1.807, 2.05) is 6.07 Å². The van der Waals surface area contributed by atoms with Crippen LogP contribution < -0.4 is 0 Å². The largest absolute Gasteiger partial charge is 0.446 e. The van der Waals surface area contributed by atoms with Gasteiger partial charge >= 0.3 is 5.97 Å². The smallest absolute Gasteiger partial charge is 0.307 e. The molecular weight excluding hydrogens is 206 g/mol. The van der Waals surface area contributed by atoms with Gasteiger partial charge in [-0.1, -0.05) is 33.1 Å². The van der Waals surface area contributed by atoms with Gasteiger partial charge in [0.05, 0.1) is 5.92 Å².